The van der Waals surface area contributed by atoms with Crippen molar-refractivity contribution in [3.05, 3.63) is 94.1 Å². The zero-order valence-corrected chi connectivity index (χ0v) is 21.5. The summed E-state index contributed by atoms with van der Waals surface area (Å²) in [4.78, 5) is 20.3. The van der Waals surface area contributed by atoms with E-state index >= 15 is 0 Å². The van der Waals surface area contributed by atoms with E-state index in [-0.39, 0.29) is 18.3 Å². The highest BCUT2D eigenvalue weighted by molar-refractivity contribution is 8.18. The summed E-state index contributed by atoms with van der Waals surface area (Å²) in [6, 6.07) is 19.8. The first-order valence-electron chi connectivity index (χ1n) is 12.0. The Hall–Kier alpha value is -3.58. The molecule has 0 radical (unpaired) electrons. The van der Waals surface area contributed by atoms with Crippen molar-refractivity contribution in [1.29, 1.82) is 0 Å². The lowest BCUT2D eigenvalue weighted by molar-refractivity contribution is -0.122. The number of amidine groups is 1. The van der Waals surface area contributed by atoms with E-state index in [9.17, 15) is 9.18 Å². The van der Waals surface area contributed by atoms with Gasteiger partial charge in [0.15, 0.2) is 16.7 Å². The summed E-state index contributed by atoms with van der Waals surface area (Å²) < 4.78 is 25.2. The van der Waals surface area contributed by atoms with E-state index < -0.39 is 0 Å². The summed E-state index contributed by atoms with van der Waals surface area (Å²) in [5, 5.41) is 0.678. The van der Waals surface area contributed by atoms with Gasteiger partial charge in [0.25, 0.3) is 5.91 Å². The van der Waals surface area contributed by atoms with Crippen molar-refractivity contribution < 1.29 is 18.7 Å². The number of benzene rings is 3. The van der Waals surface area contributed by atoms with Gasteiger partial charge in [-0.05, 0) is 85.6 Å². The van der Waals surface area contributed by atoms with Crippen molar-refractivity contribution in [1.82, 2.24) is 4.90 Å². The third-order valence-corrected chi connectivity index (χ3v) is 6.45. The summed E-state index contributed by atoms with van der Waals surface area (Å²) in [5.74, 6) is 0.766. The average Bonchev–Trinajstić information content (AvgIpc) is 3.14. The fourth-order valence-corrected chi connectivity index (χ4v) is 4.71. The van der Waals surface area contributed by atoms with Gasteiger partial charge in [-0.25, -0.2) is 9.38 Å². The highest BCUT2D eigenvalue weighted by Crippen LogP contribution is 2.36. The molecule has 4 rings (SSSR count). The Balaban J connectivity index is 1.57. The maximum Gasteiger partial charge on any atom is 0.266 e. The van der Waals surface area contributed by atoms with Crippen LogP contribution in [-0.4, -0.2) is 29.1 Å². The molecular formula is C29H29FN2O3S. The Morgan fingerprint density at radius 2 is 1.81 bits per heavy atom. The molecule has 36 heavy (non-hydrogen) atoms. The van der Waals surface area contributed by atoms with Crippen molar-refractivity contribution in [2.45, 2.75) is 33.8 Å². The summed E-state index contributed by atoms with van der Waals surface area (Å²) in [6.45, 7) is 7.25. The number of carbonyl (C=O) groups excluding carboxylic acids is 1. The van der Waals surface area contributed by atoms with Crippen LogP contribution in [0.15, 0.2) is 76.6 Å². The number of aryl methyl sites for hydroxylation is 1. The standard InChI is InChI=1S/C29H29FN2O3S/c1-4-15-32-28(33)27(36-29(32)31-24-12-9-20(3)10-13-24)18-21-11-14-25(26(17-21)34-5-2)35-19-22-7-6-8-23(30)16-22/h6-14,16-18H,4-5,15,19H2,1-3H3/b27-18+,31-29?. The Labute approximate surface area is 215 Å². The molecular weight excluding hydrogens is 475 g/mol. The molecule has 186 valence electrons. The van der Waals surface area contributed by atoms with Crippen molar-refractivity contribution in [2.75, 3.05) is 13.2 Å². The number of halogens is 1. The van der Waals surface area contributed by atoms with Crippen LogP contribution >= 0.6 is 11.8 Å². The third kappa shape index (κ3) is 6.34. The van der Waals surface area contributed by atoms with Crippen molar-refractivity contribution >= 4 is 34.6 Å². The highest BCUT2D eigenvalue weighted by Gasteiger charge is 2.32. The molecule has 0 unspecified atom stereocenters. The van der Waals surface area contributed by atoms with E-state index in [1.807, 2.05) is 75.4 Å². The SMILES string of the molecule is CCCN1C(=O)/C(=C\c2ccc(OCc3cccc(F)c3)c(OCC)c2)SC1=Nc1ccc(C)cc1. The van der Waals surface area contributed by atoms with Gasteiger partial charge >= 0.3 is 0 Å². The smallest absolute Gasteiger partial charge is 0.266 e. The Kier molecular flexibility index (Phi) is 8.44. The van der Waals surface area contributed by atoms with E-state index in [0.29, 0.717) is 34.7 Å². The summed E-state index contributed by atoms with van der Waals surface area (Å²) in [5.41, 5.74) is 3.53. The number of carbonyl (C=O) groups is 1. The van der Waals surface area contributed by atoms with Crippen LogP contribution in [0, 0.1) is 12.7 Å². The molecule has 0 aliphatic carbocycles. The van der Waals surface area contributed by atoms with E-state index in [2.05, 4.69) is 0 Å². The van der Waals surface area contributed by atoms with Crippen LogP contribution in [0.3, 0.4) is 0 Å². The third-order valence-electron chi connectivity index (χ3n) is 5.44. The normalized spacial score (nSPS) is 15.7. The van der Waals surface area contributed by atoms with Crippen LogP contribution in [0.25, 0.3) is 6.08 Å². The van der Waals surface area contributed by atoms with Crippen molar-refractivity contribution in [2.24, 2.45) is 4.99 Å². The van der Waals surface area contributed by atoms with Gasteiger partial charge in [0.05, 0.1) is 17.2 Å². The van der Waals surface area contributed by atoms with E-state index in [1.165, 1.54) is 23.9 Å². The number of hydrogen-bond donors (Lipinski definition) is 0. The zero-order valence-electron chi connectivity index (χ0n) is 20.7. The van der Waals surface area contributed by atoms with Gasteiger partial charge in [-0.3, -0.25) is 9.69 Å². The minimum atomic E-state index is -0.302. The Morgan fingerprint density at radius 1 is 1.00 bits per heavy atom. The molecule has 1 fully saturated rings. The van der Waals surface area contributed by atoms with Crippen LogP contribution in [0.4, 0.5) is 10.1 Å². The minimum Gasteiger partial charge on any atom is -0.490 e. The maximum atomic E-state index is 13.5. The lowest BCUT2D eigenvalue weighted by atomic mass is 10.1. The molecule has 1 aliphatic rings. The number of hydrogen-bond acceptors (Lipinski definition) is 5. The van der Waals surface area contributed by atoms with Gasteiger partial charge in [-0.2, -0.15) is 0 Å². The van der Waals surface area contributed by atoms with Gasteiger partial charge in [0.2, 0.25) is 0 Å². The highest BCUT2D eigenvalue weighted by atomic mass is 32.2. The molecule has 0 aromatic heterocycles. The average molecular weight is 505 g/mol. The number of ether oxygens (including phenoxy) is 2. The number of amides is 1. The van der Waals surface area contributed by atoms with Crippen LogP contribution < -0.4 is 9.47 Å². The van der Waals surface area contributed by atoms with Crippen LogP contribution in [-0.2, 0) is 11.4 Å². The van der Waals surface area contributed by atoms with Gasteiger partial charge in [0, 0.05) is 6.54 Å². The number of nitrogens with zero attached hydrogens (tertiary/aromatic N) is 2. The quantitative estimate of drug-likeness (QED) is 0.291. The van der Waals surface area contributed by atoms with Gasteiger partial charge in [-0.15, -0.1) is 0 Å². The molecule has 3 aromatic carbocycles. The van der Waals surface area contributed by atoms with Crippen LogP contribution in [0.2, 0.25) is 0 Å². The molecule has 1 heterocycles. The molecule has 3 aromatic rings. The predicted octanol–water partition coefficient (Wildman–Crippen LogP) is 7.13. The molecule has 0 N–H and O–H groups in total. The molecule has 0 spiro atoms. The summed E-state index contributed by atoms with van der Waals surface area (Å²) in [7, 11) is 0. The first-order chi connectivity index (χ1) is 17.5. The van der Waals surface area contributed by atoms with Gasteiger partial charge in [0.1, 0.15) is 12.4 Å². The Bertz CT molecular complexity index is 1290. The summed E-state index contributed by atoms with van der Waals surface area (Å²) >= 11 is 1.37. The number of rotatable bonds is 9. The minimum absolute atomic E-state index is 0.0582. The molecule has 1 aliphatic heterocycles. The molecule has 0 bridgehead atoms. The maximum absolute atomic E-state index is 13.5. The topological polar surface area (TPSA) is 51.1 Å². The van der Waals surface area contributed by atoms with Crippen LogP contribution in [0.5, 0.6) is 11.5 Å². The van der Waals surface area contributed by atoms with Crippen molar-refractivity contribution in [3.8, 4) is 11.5 Å². The largest absolute Gasteiger partial charge is 0.490 e. The van der Waals surface area contributed by atoms with E-state index in [1.54, 1.807) is 11.0 Å². The molecule has 5 nitrogen and oxygen atoms in total. The lowest BCUT2D eigenvalue weighted by Gasteiger charge is -2.14. The first kappa shape index (κ1) is 25.5. The molecule has 1 saturated heterocycles. The number of thioether (sulfide) groups is 1. The molecule has 1 amide bonds. The second-order valence-corrected chi connectivity index (χ2v) is 9.36. The van der Waals surface area contributed by atoms with E-state index in [0.717, 1.165) is 28.8 Å². The lowest BCUT2D eigenvalue weighted by Crippen LogP contribution is -2.29. The van der Waals surface area contributed by atoms with Crippen molar-refractivity contribution in [3.63, 3.8) is 0 Å². The molecule has 0 atom stereocenters. The monoisotopic (exact) mass is 504 g/mol. The van der Waals surface area contributed by atoms with E-state index in [4.69, 9.17) is 14.5 Å². The Morgan fingerprint density at radius 3 is 2.53 bits per heavy atom. The van der Waals surface area contributed by atoms with Crippen LogP contribution in [0.1, 0.15) is 37.0 Å². The zero-order chi connectivity index (χ0) is 25.5. The predicted molar refractivity (Wildman–Crippen MR) is 144 cm³/mol. The van der Waals surface area contributed by atoms with Gasteiger partial charge < -0.3 is 9.47 Å². The molecule has 0 saturated carbocycles. The summed E-state index contributed by atoms with van der Waals surface area (Å²) in [6.07, 6.45) is 2.69. The van der Waals surface area contributed by atoms with Gasteiger partial charge in [-0.1, -0.05) is 42.8 Å². The number of aliphatic imine (C=N–C) groups is 1. The fraction of sp³-hybridized carbons (Fsp3) is 0.241. The fourth-order valence-electron chi connectivity index (χ4n) is 3.68. The molecule has 7 heteroatoms. The second kappa shape index (κ2) is 11.9. The second-order valence-electron chi connectivity index (χ2n) is 8.36. The first-order valence-corrected chi connectivity index (χ1v) is 12.8.